The second-order valence-electron chi connectivity index (χ2n) is 5.95. The minimum atomic E-state index is 0.0545. The van der Waals surface area contributed by atoms with Gasteiger partial charge < -0.3 is 5.11 Å². The van der Waals surface area contributed by atoms with E-state index in [1.165, 1.54) is 0 Å². The standard InChI is InChI=1S/C20H19N3O/c1-15-20(17-7-3-2-4-8-17)21-19-10-11-22(14-23(15)19)18-9-5-6-16(12-18)13-24/h2-12,24H,13-14H2,1H3/q+1. The van der Waals surface area contributed by atoms with Crippen LogP contribution in [-0.4, -0.2) is 17.6 Å². The average molecular weight is 317 g/mol. The molecule has 24 heavy (non-hydrogen) atoms. The molecule has 0 unspecified atom stereocenters. The zero-order valence-electron chi connectivity index (χ0n) is 13.6. The molecule has 0 atom stereocenters. The highest BCUT2D eigenvalue weighted by Crippen LogP contribution is 2.30. The van der Waals surface area contributed by atoms with Crippen molar-refractivity contribution in [2.75, 3.05) is 11.6 Å². The van der Waals surface area contributed by atoms with Gasteiger partial charge in [-0.15, -0.1) is 0 Å². The molecule has 2 aromatic carbocycles. The van der Waals surface area contributed by atoms with Gasteiger partial charge in [-0.3, -0.25) is 4.90 Å². The van der Waals surface area contributed by atoms with Crippen LogP contribution in [-0.2, 0) is 6.61 Å². The lowest BCUT2D eigenvalue weighted by molar-refractivity contribution is 0.282. The van der Waals surface area contributed by atoms with Gasteiger partial charge in [-0.1, -0.05) is 47.4 Å². The second kappa shape index (κ2) is 6.07. The Morgan fingerprint density at radius 2 is 1.96 bits per heavy atom. The Bertz CT molecular complexity index is 852. The third kappa shape index (κ3) is 2.56. The van der Waals surface area contributed by atoms with Gasteiger partial charge >= 0.3 is 0 Å². The summed E-state index contributed by atoms with van der Waals surface area (Å²) in [6.45, 7) is 2.88. The van der Waals surface area contributed by atoms with Gasteiger partial charge in [-0.25, -0.2) is 0 Å². The molecule has 0 fully saturated rings. The van der Waals surface area contributed by atoms with E-state index < -0.39 is 0 Å². The molecule has 4 heteroatoms. The van der Waals surface area contributed by atoms with Gasteiger partial charge in [0, 0.05) is 30.5 Å². The maximum Gasteiger partial charge on any atom is 0.285 e. The van der Waals surface area contributed by atoms with E-state index >= 15 is 0 Å². The van der Waals surface area contributed by atoms with E-state index in [2.05, 4.69) is 34.9 Å². The predicted octanol–water partition coefficient (Wildman–Crippen LogP) is 3.41. The lowest BCUT2D eigenvalue weighted by atomic mass is 10.1. The van der Waals surface area contributed by atoms with Gasteiger partial charge in [0.05, 0.1) is 6.61 Å². The summed E-state index contributed by atoms with van der Waals surface area (Å²) in [5.74, 6) is 0.973. The number of benzene rings is 2. The molecule has 2 heterocycles. The molecule has 1 radical (unpaired) electrons. The van der Waals surface area contributed by atoms with Crippen molar-refractivity contribution < 1.29 is 5.11 Å². The monoisotopic (exact) mass is 317 g/mol. The highest BCUT2D eigenvalue weighted by Gasteiger charge is 2.38. The number of nitrogens with zero attached hydrogens (tertiary/aromatic N) is 3. The first-order valence-corrected chi connectivity index (χ1v) is 8.03. The molecule has 2 aromatic rings. The van der Waals surface area contributed by atoms with Gasteiger partial charge in [0.2, 0.25) is 6.67 Å². The molecular weight excluding hydrogens is 298 g/mol. The van der Waals surface area contributed by atoms with E-state index in [1.54, 1.807) is 0 Å². The maximum absolute atomic E-state index is 9.34. The first-order chi connectivity index (χ1) is 11.8. The molecule has 0 bridgehead atoms. The van der Waals surface area contributed by atoms with Gasteiger partial charge in [0.1, 0.15) is 5.70 Å². The van der Waals surface area contributed by atoms with Crippen LogP contribution in [0.15, 0.2) is 77.6 Å². The number of hydrogen-bond acceptors (Lipinski definition) is 4. The molecule has 0 spiro atoms. The highest BCUT2D eigenvalue weighted by atomic mass is 16.3. The Hall–Kier alpha value is -2.69. The fraction of sp³-hybridized carbons (Fsp3) is 0.150. The van der Waals surface area contributed by atoms with Crippen LogP contribution in [0.1, 0.15) is 18.1 Å². The number of allylic oxidation sites excluding steroid dienone is 1. The maximum atomic E-state index is 9.34. The predicted molar refractivity (Wildman–Crippen MR) is 97.5 cm³/mol. The highest BCUT2D eigenvalue weighted by molar-refractivity contribution is 6.05. The minimum Gasteiger partial charge on any atom is -0.392 e. The zero-order valence-corrected chi connectivity index (χ0v) is 13.6. The largest absolute Gasteiger partial charge is 0.392 e. The van der Waals surface area contributed by atoms with Crippen molar-refractivity contribution in [2.45, 2.75) is 13.5 Å². The van der Waals surface area contributed by atoms with Crippen LogP contribution in [0.25, 0.3) is 5.70 Å². The van der Waals surface area contributed by atoms with E-state index in [4.69, 9.17) is 4.99 Å². The summed E-state index contributed by atoms with van der Waals surface area (Å²) < 4.78 is 0. The molecule has 0 aromatic heterocycles. The van der Waals surface area contributed by atoms with E-state index in [-0.39, 0.29) is 6.61 Å². The Kier molecular flexibility index (Phi) is 3.76. The first kappa shape index (κ1) is 14.9. The third-order valence-corrected chi connectivity index (χ3v) is 4.42. The van der Waals surface area contributed by atoms with Crippen molar-refractivity contribution >= 4 is 17.2 Å². The van der Waals surface area contributed by atoms with Gasteiger partial charge in [-0.2, -0.15) is 4.99 Å². The molecule has 0 saturated carbocycles. The van der Waals surface area contributed by atoms with Crippen LogP contribution in [0, 0.1) is 0 Å². The number of aliphatic imine (C=N–C) groups is 1. The number of hydrogen-bond donors (Lipinski definition) is 1. The molecule has 4 nitrogen and oxygen atoms in total. The molecular formula is C20H19N3O+. The van der Waals surface area contributed by atoms with Crippen molar-refractivity contribution in [3.05, 3.63) is 83.7 Å². The molecule has 1 N–H and O–H groups in total. The Labute approximate surface area is 141 Å². The molecule has 0 aliphatic carbocycles. The smallest absolute Gasteiger partial charge is 0.285 e. The van der Waals surface area contributed by atoms with Crippen LogP contribution in [0.3, 0.4) is 0 Å². The molecule has 119 valence electrons. The van der Waals surface area contributed by atoms with E-state index in [0.717, 1.165) is 34.0 Å². The van der Waals surface area contributed by atoms with Crippen molar-refractivity contribution in [3.8, 4) is 0 Å². The molecule has 0 saturated heterocycles. The van der Waals surface area contributed by atoms with E-state index in [0.29, 0.717) is 6.67 Å². The van der Waals surface area contributed by atoms with Crippen LogP contribution in [0.4, 0.5) is 5.69 Å². The first-order valence-electron chi connectivity index (χ1n) is 8.03. The second-order valence-corrected chi connectivity index (χ2v) is 5.95. The summed E-state index contributed by atoms with van der Waals surface area (Å²) in [7, 11) is 0. The van der Waals surface area contributed by atoms with Crippen molar-refractivity contribution in [2.24, 2.45) is 4.99 Å². The van der Waals surface area contributed by atoms with Gasteiger partial charge in [0.15, 0.2) is 5.70 Å². The van der Waals surface area contributed by atoms with E-state index in [1.807, 2.05) is 48.7 Å². The summed E-state index contributed by atoms with van der Waals surface area (Å²) >= 11 is 0. The summed E-state index contributed by atoms with van der Waals surface area (Å²) in [4.78, 5) is 9.17. The van der Waals surface area contributed by atoms with Crippen LogP contribution >= 0.6 is 0 Å². The number of rotatable bonds is 3. The number of anilines is 1. The fourth-order valence-corrected chi connectivity index (χ4v) is 3.09. The number of amidine groups is 1. The Morgan fingerprint density at radius 1 is 1.12 bits per heavy atom. The molecule has 2 aliphatic heterocycles. The Balaban J connectivity index is 1.64. The molecule has 4 rings (SSSR count). The van der Waals surface area contributed by atoms with Gasteiger partial charge in [0.25, 0.3) is 5.84 Å². The summed E-state index contributed by atoms with van der Waals surface area (Å²) in [6.07, 6.45) is 4.08. The normalized spacial score (nSPS) is 17.2. The van der Waals surface area contributed by atoms with Gasteiger partial charge in [-0.05, 0) is 17.7 Å². The minimum absolute atomic E-state index is 0.0545. The Morgan fingerprint density at radius 3 is 2.75 bits per heavy atom. The molecule has 2 aliphatic rings. The lowest BCUT2D eigenvalue weighted by Gasteiger charge is -2.24. The summed E-state index contributed by atoms with van der Waals surface area (Å²) in [5.41, 5.74) is 5.31. The van der Waals surface area contributed by atoms with Crippen molar-refractivity contribution in [1.82, 2.24) is 4.90 Å². The fourth-order valence-electron chi connectivity index (χ4n) is 3.09. The van der Waals surface area contributed by atoms with Crippen LogP contribution in [0.2, 0.25) is 0 Å². The number of fused-ring (bicyclic) bond motifs is 1. The zero-order chi connectivity index (χ0) is 16.5. The third-order valence-electron chi connectivity index (χ3n) is 4.42. The van der Waals surface area contributed by atoms with E-state index in [9.17, 15) is 5.11 Å². The van der Waals surface area contributed by atoms with Crippen LogP contribution < -0.4 is 9.80 Å². The topological polar surface area (TPSA) is 41.7 Å². The average Bonchev–Trinajstić information content (AvgIpc) is 2.99. The summed E-state index contributed by atoms with van der Waals surface area (Å²) in [5, 5.41) is 9.34. The lowest BCUT2D eigenvalue weighted by Crippen LogP contribution is -2.44. The summed E-state index contributed by atoms with van der Waals surface area (Å²) in [6, 6.07) is 18.2. The van der Waals surface area contributed by atoms with Crippen molar-refractivity contribution in [1.29, 1.82) is 0 Å². The number of aliphatic hydroxyl groups excluding tert-OH is 1. The number of aliphatic hydroxyl groups is 1. The van der Waals surface area contributed by atoms with Crippen molar-refractivity contribution in [3.63, 3.8) is 0 Å². The van der Waals surface area contributed by atoms with Crippen LogP contribution in [0.5, 0.6) is 0 Å². The quantitative estimate of drug-likeness (QED) is 0.882. The SMILES string of the molecule is CC1=C(c2ccccc2)N=C2C=CN(c3cccc(CO)c3)C[N+]21. The molecule has 0 amide bonds.